The third kappa shape index (κ3) is 2.52. The van der Waals surface area contributed by atoms with Gasteiger partial charge in [-0.25, -0.2) is 13.8 Å². The summed E-state index contributed by atoms with van der Waals surface area (Å²) in [6, 6.07) is 8.54. The first-order valence-corrected chi connectivity index (χ1v) is 6.59. The zero-order valence-electron chi connectivity index (χ0n) is 9.45. The Kier molecular flexibility index (Phi) is 3.08. The Balaban J connectivity index is 1.98. The number of halogens is 3. The summed E-state index contributed by atoms with van der Waals surface area (Å²) in [7, 11) is 0. The van der Waals surface area contributed by atoms with Crippen LogP contribution in [-0.2, 0) is 0 Å². The summed E-state index contributed by atoms with van der Waals surface area (Å²) in [4.78, 5) is 4.25. The Hall–Kier alpha value is -1.72. The maximum Gasteiger partial charge on any atom is 0.188 e. The van der Waals surface area contributed by atoms with Crippen molar-refractivity contribution in [2.75, 3.05) is 5.32 Å². The molecular formula is C13H7ClF2N2S. The minimum Gasteiger partial charge on any atom is -0.329 e. The van der Waals surface area contributed by atoms with Gasteiger partial charge in [-0.2, -0.15) is 0 Å². The Bertz CT molecular complexity index is 757. The van der Waals surface area contributed by atoms with Crippen LogP contribution >= 0.6 is 22.9 Å². The molecule has 96 valence electrons. The number of anilines is 2. The second kappa shape index (κ2) is 4.75. The van der Waals surface area contributed by atoms with E-state index in [-0.39, 0.29) is 11.5 Å². The predicted molar refractivity (Wildman–Crippen MR) is 74.3 cm³/mol. The van der Waals surface area contributed by atoms with Crippen molar-refractivity contribution in [1.29, 1.82) is 0 Å². The maximum atomic E-state index is 13.6. The van der Waals surface area contributed by atoms with Gasteiger partial charge >= 0.3 is 0 Å². The highest BCUT2D eigenvalue weighted by Crippen LogP contribution is 2.30. The monoisotopic (exact) mass is 296 g/mol. The van der Waals surface area contributed by atoms with E-state index in [2.05, 4.69) is 10.3 Å². The second-order valence-corrected chi connectivity index (χ2v) is 5.35. The molecule has 0 bridgehead atoms. The van der Waals surface area contributed by atoms with Gasteiger partial charge in [0.2, 0.25) is 0 Å². The van der Waals surface area contributed by atoms with Crippen LogP contribution in [0.1, 0.15) is 0 Å². The number of rotatable bonds is 2. The SMILES string of the molecule is Fc1ccc2nc(Nc3cc(Cl)ccc3F)sc2c1. The Morgan fingerprint density at radius 1 is 1.11 bits per heavy atom. The van der Waals surface area contributed by atoms with Gasteiger partial charge in [-0.1, -0.05) is 22.9 Å². The van der Waals surface area contributed by atoms with Crippen LogP contribution in [0.5, 0.6) is 0 Å². The molecule has 1 heterocycles. The quantitative estimate of drug-likeness (QED) is 0.722. The van der Waals surface area contributed by atoms with Crippen molar-refractivity contribution in [2.24, 2.45) is 0 Å². The standard InChI is InChI=1S/C13H7ClF2N2S/c14-7-1-3-9(16)11(5-7)18-13-17-10-4-2-8(15)6-12(10)19-13/h1-6H,(H,17,18). The Labute approximate surface area is 116 Å². The van der Waals surface area contributed by atoms with Crippen molar-refractivity contribution in [3.8, 4) is 0 Å². The lowest BCUT2D eigenvalue weighted by Crippen LogP contribution is -1.92. The van der Waals surface area contributed by atoms with Gasteiger partial charge in [0, 0.05) is 5.02 Å². The highest BCUT2D eigenvalue weighted by molar-refractivity contribution is 7.22. The molecule has 3 rings (SSSR count). The first-order chi connectivity index (χ1) is 9.11. The van der Waals surface area contributed by atoms with E-state index in [1.165, 1.54) is 41.7 Å². The predicted octanol–water partition coefficient (Wildman–Crippen LogP) is 4.97. The van der Waals surface area contributed by atoms with Crippen LogP contribution in [-0.4, -0.2) is 4.98 Å². The van der Waals surface area contributed by atoms with Gasteiger partial charge in [-0.3, -0.25) is 0 Å². The van der Waals surface area contributed by atoms with E-state index in [1.54, 1.807) is 6.07 Å². The van der Waals surface area contributed by atoms with E-state index < -0.39 is 5.82 Å². The molecule has 0 amide bonds. The van der Waals surface area contributed by atoms with Crippen LogP contribution in [0.25, 0.3) is 10.2 Å². The molecule has 0 atom stereocenters. The van der Waals surface area contributed by atoms with Gasteiger partial charge in [0.1, 0.15) is 11.6 Å². The highest BCUT2D eigenvalue weighted by Gasteiger charge is 2.08. The molecular weight excluding hydrogens is 290 g/mol. The summed E-state index contributed by atoms with van der Waals surface area (Å²) in [5, 5.41) is 3.76. The summed E-state index contributed by atoms with van der Waals surface area (Å²) >= 11 is 7.06. The lowest BCUT2D eigenvalue weighted by Gasteiger charge is -2.03. The smallest absolute Gasteiger partial charge is 0.188 e. The third-order valence-corrected chi connectivity index (χ3v) is 3.69. The number of nitrogens with zero attached hydrogens (tertiary/aromatic N) is 1. The normalized spacial score (nSPS) is 10.9. The third-order valence-electron chi connectivity index (χ3n) is 2.52. The molecule has 19 heavy (non-hydrogen) atoms. The summed E-state index contributed by atoms with van der Waals surface area (Å²) in [6.45, 7) is 0. The summed E-state index contributed by atoms with van der Waals surface area (Å²) < 4.78 is 27.3. The molecule has 0 saturated carbocycles. The first-order valence-electron chi connectivity index (χ1n) is 5.40. The van der Waals surface area contributed by atoms with E-state index in [4.69, 9.17) is 11.6 Å². The molecule has 0 saturated heterocycles. The number of hydrogen-bond donors (Lipinski definition) is 1. The van der Waals surface area contributed by atoms with Gasteiger partial charge in [0.15, 0.2) is 5.13 Å². The van der Waals surface area contributed by atoms with Gasteiger partial charge in [-0.15, -0.1) is 0 Å². The number of fused-ring (bicyclic) bond motifs is 1. The second-order valence-electron chi connectivity index (χ2n) is 3.88. The minimum atomic E-state index is -0.421. The van der Waals surface area contributed by atoms with Crippen LogP contribution in [0.15, 0.2) is 36.4 Å². The molecule has 2 aromatic carbocycles. The van der Waals surface area contributed by atoms with Crippen molar-refractivity contribution in [1.82, 2.24) is 4.98 Å². The van der Waals surface area contributed by atoms with Crippen molar-refractivity contribution >= 4 is 44.0 Å². The summed E-state index contributed by atoms with van der Waals surface area (Å²) in [5.74, 6) is -0.744. The van der Waals surface area contributed by atoms with Crippen molar-refractivity contribution in [3.63, 3.8) is 0 Å². The van der Waals surface area contributed by atoms with E-state index >= 15 is 0 Å². The molecule has 0 aliphatic carbocycles. The van der Waals surface area contributed by atoms with Crippen molar-refractivity contribution < 1.29 is 8.78 Å². The van der Waals surface area contributed by atoms with Gasteiger partial charge in [0.25, 0.3) is 0 Å². The zero-order chi connectivity index (χ0) is 13.4. The molecule has 0 fully saturated rings. The molecule has 6 heteroatoms. The summed E-state index contributed by atoms with van der Waals surface area (Å²) in [5.41, 5.74) is 0.906. The van der Waals surface area contributed by atoms with E-state index in [0.29, 0.717) is 20.4 Å². The number of benzene rings is 2. The van der Waals surface area contributed by atoms with Gasteiger partial charge in [-0.05, 0) is 36.4 Å². The average Bonchev–Trinajstić information content (AvgIpc) is 2.75. The fourth-order valence-corrected chi connectivity index (χ4v) is 2.74. The molecule has 0 radical (unpaired) electrons. The maximum absolute atomic E-state index is 13.6. The number of hydrogen-bond acceptors (Lipinski definition) is 3. The largest absolute Gasteiger partial charge is 0.329 e. The topological polar surface area (TPSA) is 24.9 Å². The van der Waals surface area contributed by atoms with Crippen LogP contribution in [0.4, 0.5) is 19.6 Å². The van der Waals surface area contributed by atoms with Gasteiger partial charge < -0.3 is 5.32 Å². The molecule has 2 nitrogen and oxygen atoms in total. The first kappa shape index (κ1) is 12.3. The molecule has 1 N–H and O–H groups in total. The van der Waals surface area contributed by atoms with Crippen LogP contribution in [0.2, 0.25) is 5.02 Å². The van der Waals surface area contributed by atoms with E-state index in [9.17, 15) is 8.78 Å². The average molecular weight is 297 g/mol. The fourth-order valence-electron chi connectivity index (χ4n) is 1.66. The molecule has 0 spiro atoms. The molecule has 0 aliphatic heterocycles. The van der Waals surface area contributed by atoms with E-state index in [0.717, 1.165) is 0 Å². The van der Waals surface area contributed by atoms with Crippen LogP contribution in [0, 0.1) is 11.6 Å². The molecule has 3 aromatic rings. The number of aromatic nitrogens is 1. The molecule has 1 aromatic heterocycles. The fraction of sp³-hybridized carbons (Fsp3) is 0. The van der Waals surface area contributed by atoms with Crippen LogP contribution < -0.4 is 5.32 Å². The van der Waals surface area contributed by atoms with E-state index in [1.807, 2.05) is 0 Å². The molecule has 0 aliphatic rings. The van der Waals surface area contributed by atoms with Crippen LogP contribution in [0.3, 0.4) is 0 Å². The van der Waals surface area contributed by atoms with Crippen molar-refractivity contribution in [2.45, 2.75) is 0 Å². The minimum absolute atomic E-state index is 0.243. The highest BCUT2D eigenvalue weighted by atomic mass is 35.5. The summed E-state index contributed by atoms with van der Waals surface area (Å²) in [6.07, 6.45) is 0. The number of thiazole rings is 1. The molecule has 0 unspecified atom stereocenters. The zero-order valence-corrected chi connectivity index (χ0v) is 11.0. The van der Waals surface area contributed by atoms with Crippen molar-refractivity contribution in [3.05, 3.63) is 53.1 Å². The van der Waals surface area contributed by atoms with Gasteiger partial charge in [0.05, 0.1) is 15.9 Å². The Morgan fingerprint density at radius 2 is 1.95 bits per heavy atom. The lowest BCUT2D eigenvalue weighted by molar-refractivity contribution is 0.630. The lowest BCUT2D eigenvalue weighted by atomic mass is 10.3. The number of nitrogens with one attached hydrogen (secondary N) is 1. The Morgan fingerprint density at radius 3 is 2.79 bits per heavy atom.